The third kappa shape index (κ3) is 3.14. The molecule has 2 heterocycles. The predicted molar refractivity (Wildman–Crippen MR) is 76.4 cm³/mol. The Hall–Kier alpha value is -2.28. The van der Waals surface area contributed by atoms with Crippen LogP contribution in [-0.2, 0) is 6.54 Å². The minimum absolute atomic E-state index is 0.0577. The second-order valence-electron chi connectivity index (χ2n) is 5.57. The van der Waals surface area contributed by atoms with Crippen molar-refractivity contribution in [1.82, 2.24) is 20.1 Å². The van der Waals surface area contributed by atoms with Crippen LogP contribution in [0.15, 0.2) is 36.9 Å². The lowest BCUT2D eigenvalue weighted by molar-refractivity contribution is 0.0868. The van der Waals surface area contributed by atoms with E-state index < -0.39 is 17.8 Å². The van der Waals surface area contributed by atoms with Gasteiger partial charge in [-0.05, 0) is 30.9 Å². The summed E-state index contributed by atoms with van der Waals surface area (Å²) in [6.45, 7) is 0.694. The Morgan fingerprint density at radius 1 is 1.45 bits per heavy atom. The SMILES string of the molecule is O=C(N[C@@H]1CC(Cn2cccn2)C[C@H]1O)c1ccncc1F. The second-order valence-corrected chi connectivity index (χ2v) is 5.57. The van der Waals surface area contributed by atoms with Crippen LogP contribution in [0.5, 0.6) is 0 Å². The van der Waals surface area contributed by atoms with E-state index in [1.54, 1.807) is 6.20 Å². The first-order valence-electron chi connectivity index (χ1n) is 7.19. The Labute approximate surface area is 127 Å². The molecule has 0 aliphatic heterocycles. The molecular formula is C15H17FN4O2. The highest BCUT2D eigenvalue weighted by Gasteiger charge is 2.34. The van der Waals surface area contributed by atoms with Crippen LogP contribution in [0.1, 0.15) is 23.2 Å². The molecule has 0 bridgehead atoms. The van der Waals surface area contributed by atoms with Gasteiger partial charge in [-0.15, -0.1) is 0 Å². The summed E-state index contributed by atoms with van der Waals surface area (Å²) in [4.78, 5) is 15.7. The van der Waals surface area contributed by atoms with E-state index in [1.165, 1.54) is 12.3 Å². The Kier molecular flexibility index (Phi) is 4.15. The van der Waals surface area contributed by atoms with Gasteiger partial charge in [-0.3, -0.25) is 14.5 Å². The minimum Gasteiger partial charge on any atom is -0.391 e. The highest BCUT2D eigenvalue weighted by atomic mass is 19.1. The van der Waals surface area contributed by atoms with Gasteiger partial charge in [-0.25, -0.2) is 4.39 Å². The van der Waals surface area contributed by atoms with Crippen LogP contribution in [-0.4, -0.2) is 37.9 Å². The highest BCUT2D eigenvalue weighted by molar-refractivity contribution is 5.94. The van der Waals surface area contributed by atoms with Crippen molar-refractivity contribution in [2.75, 3.05) is 0 Å². The quantitative estimate of drug-likeness (QED) is 0.882. The van der Waals surface area contributed by atoms with Gasteiger partial charge in [0.25, 0.3) is 5.91 Å². The zero-order valence-corrected chi connectivity index (χ0v) is 11.9. The maximum atomic E-state index is 13.5. The summed E-state index contributed by atoms with van der Waals surface area (Å²) >= 11 is 0. The number of rotatable bonds is 4. The van der Waals surface area contributed by atoms with E-state index in [4.69, 9.17) is 0 Å². The molecule has 0 radical (unpaired) electrons. The van der Waals surface area contributed by atoms with Crippen molar-refractivity contribution in [3.63, 3.8) is 0 Å². The number of hydrogen-bond donors (Lipinski definition) is 2. The molecule has 0 saturated heterocycles. The van der Waals surface area contributed by atoms with Crippen LogP contribution in [0.25, 0.3) is 0 Å². The fourth-order valence-corrected chi connectivity index (χ4v) is 2.90. The van der Waals surface area contributed by atoms with E-state index in [0.717, 1.165) is 6.20 Å². The van der Waals surface area contributed by atoms with Crippen molar-refractivity contribution >= 4 is 5.91 Å². The molecule has 0 spiro atoms. The standard InChI is InChI=1S/C15H17FN4O2/c16-12-8-17-4-2-11(12)15(22)19-13-6-10(7-14(13)21)9-20-5-1-3-18-20/h1-5,8,10,13-14,21H,6-7,9H2,(H,19,22)/t10?,13-,14-/m1/s1. The molecule has 3 rings (SSSR count). The summed E-state index contributed by atoms with van der Waals surface area (Å²) in [7, 11) is 0. The number of aliphatic hydroxyl groups is 1. The van der Waals surface area contributed by atoms with E-state index in [0.29, 0.717) is 19.4 Å². The monoisotopic (exact) mass is 304 g/mol. The van der Waals surface area contributed by atoms with Gasteiger partial charge in [0, 0.05) is 25.1 Å². The number of carbonyl (C=O) groups excluding carboxylic acids is 1. The minimum atomic E-state index is -0.666. The van der Waals surface area contributed by atoms with Crippen LogP contribution in [0, 0.1) is 11.7 Å². The normalized spacial score (nSPS) is 24.4. The van der Waals surface area contributed by atoms with Gasteiger partial charge in [0.1, 0.15) is 0 Å². The molecule has 1 fully saturated rings. The molecule has 1 aliphatic rings. The molecule has 1 amide bonds. The van der Waals surface area contributed by atoms with Gasteiger partial charge < -0.3 is 10.4 Å². The summed E-state index contributed by atoms with van der Waals surface area (Å²) in [5, 5.41) is 17.0. The summed E-state index contributed by atoms with van der Waals surface area (Å²) in [6, 6.07) is 2.80. The van der Waals surface area contributed by atoms with Crippen LogP contribution in [0.3, 0.4) is 0 Å². The largest absolute Gasteiger partial charge is 0.391 e. The number of amides is 1. The third-order valence-corrected chi connectivity index (χ3v) is 3.96. The summed E-state index contributed by atoms with van der Waals surface area (Å²) < 4.78 is 15.4. The smallest absolute Gasteiger partial charge is 0.254 e. The van der Waals surface area contributed by atoms with E-state index in [1.807, 2.05) is 16.9 Å². The Bertz CT molecular complexity index is 647. The number of nitrogens with one attached hydrogen (secondary N) is 1. The van der Waals surface area contributed by atoms with E-state index in [9.17, 15) is 14.3 Å². The average molecular weight is 304 g/mol. The molecule has 1 aliphatic carbocycles. The van der Waals surface area contributed by atoms with Crippen LogP contribution in [0.2, 0.25) is 0 Å². The van der Waals surface area contributed by atoms with Crippen LogP contribution < -0.4 is 5.32 Å². The second kappa shape index (κ2) is 6.23. The molecule has 116 valence electrons. The van der Waals surface area contributed by atoms with Crippen molar-refractivity contribution in [2.24, 2.45) is 5.92 Å². The van der Waals surface area contributed by atoms with Crippen molar-refractivity contribution < 1.29 is 14.3 Å². The van der Waals surface area contributed by atoms with Gasteiger partial charge in [0.15, 0.2) is 5.82 Å². The maximum absolute atomic E-state index is 13.5. The number of pyridine rings is 1. The lowest BCUT2D eigenvalue weighted by Crippen LogP contribution is -2.40. The lowest BCUT2D eigenvalue weighted by Gasteiger charge is -2.16. The maximum Gasteiger partial charge on any atom is 0.254 e. The zero-order chi connectivity index (χ0) is 15.5. The fraction of sp³-hybridized carbons (Fsp3) is 0.400. The van der Waals surface area contributed by atoms with Gasteiger partial charge in [0.05, 0.1) is 23.9 Å². The molecule has 2 N–H and O–H groups in total. The molecule has 1 saturated carbocycles. The number of halogens is 1. The average Bonchev–Trinajstić information content (AvgIpc) is 3.10. The van der Waals surface area contributed by atoms with E-state index in [-0.39, 0.29) is 17.5 Å². The number of carbonyl (C=O) groups is 1. The van der Waals surface area contributed by atoms with Gasteiger partial charge in [-0.1, -0.05) is 0 Å². The topological polar surface area (TPSA) is 80.0 Å². The lowest BCUT2D eigenvalue weighted by atomic mass is 10.1. The third-order valence-electron chi connectivity index (χ3n) is 3.96. The zero-order valence-electron chi connectivity index (χ0n) is 11.9. The number of hydrogen-bond acceptors (Lipinski definition) is 4. The van der Waals surface area contributed by atoms with Crippen molar-refractivity contribution in [1.29, 1.82) is 0 Å². The van der Waals surface area contributed by atoms with Gasteiger partial charge >= 0.3 is 0 Å². The molecule has 2 aromatic heterocycles. The van der Waals surface area contributed by atoms with Crippen molar-refractivity contribution in [3.05, 3.63) is 48.3 Å². The first kappa shape index (κ1) is 14.6. The molecule has 3 atom stereocenters. The predicted octanol–water partition coefficient (Wildman–Crippen LogP) is 0.987. The Morgan fingerprint density at radius 3 is 3.05 bits per heavy atom. The first-order chi connectivity index (χ1) is 10.6. The number of aliphatic hydroxyl groups excluding tert-OH is 1. The van der Waals surface area contributed by atoms with Crippen molar-refractivity contribution in [3.8, 4) is 0 Å². The summed E-state index contributed by atoms with van der Waals surface area (Å²) in [5.41, 5.74) is -0.0577. The Balaban J connectivity index is 1.61. The van der Waals surface area contributed by atoms with E-state index in [2.05, 4.69) is 15.4 Å². The summed E-state index contributed by atoms with van der Waals surface area (Å²) in [6.07, 6.45) is 6.53. The highest BCUT2D eigenvalue weighted by Crippen LogP contribution is 2.27. The molecule has 1 unspecified atom stereocenters. The number of aromatic nitrogens is 3. The van der Waals surface area contributed by atoms with Gasteiger partial charge in [-0.2, -0.15) is 5.10 Å². The molecule has 7 heteroatoms. The van der Waals surface area contributed by atoms with Crippen molar-refractivity contribution in [2.45, 2.75) is 31.5 Å². The van der Waals surface area contributed by atoms with Crippen LogP contribution in [0.4, 0.5) is 4.39 Å². The summed E-state index contributed by atoms with van der Waals surface area (Å²) in [5.74, 6) is -0.966. The molecule has 0 aromatic carbocycles. The van der Waals surface area contributed by atoms with Gasteiger partial charge in [0.2, 0.25) is 0 Å². The number of nitrogens with zero attached hydrogens (tertiary/aromatic N) is 3. The van der Waals surface area contributed by atoms with E-state index >= 15 is 0 Å². The Morgan fingerprint density at radius 2 is 2.32 bits per heavy atom. The molecule has 2 aromatic rings. The molecule has 22 heavy (non-hydrogen) atoms. The molecular weight excluding hydrogens is 287 g/mol. The van der Waals surface area contributed by atoms with Crippen LogP contribution >= 0.6 is 0 Å². The first-order valence-corrected chi connectivity index (χ1v) is 7.19. The fourth-order valence-electron chi connectivity index (χ4n) is 2.90. The molecule has 6 nitrogen and oxygen atoms in total.